The highest BCUT2D eigenvalue weighted by molar-refractivity contribution is 6.10. The summed E-state index contributed by atoms with van der Waals surface area (Å²) in [5.41, 5.74) is 12.6. The molecule has 3 nitrogen and oxygen atoms in total. The van der Waals surface area contributed by atoms with Gasteiger partial charge in [-0.15, -0.1) is 0 Å². The number of para-hydroxylation sites is 5. The lowest BCUT2D eigenvalue weighted by Gasteiger charge is -2.25. The molecule has 8 aromatic carbocycles. The number of hydrogen-bond donors (Lipinski definition) is 0. The molecule has 0 atom stereocenters. The first-order valence-electron chi connectivity index (χ1n) is 17.4. The number of nitrogens with zero attached hydrogens (tertiary/aromatic N) is 3. The van der Waals surface area contributed by atoms with Crippen LogP contribution in [0.1, 0.15) is 0 Å². The number of hydrogen-bond acceptors (Lipinski definition) is 2. The van der Waals surface area contributed by atoms with Gasteiger partial charge < -0.3 is 14.4 Å². The molecule has 0 fully saturated rings. The molecule has 0 amide bonds. The van der Waals surface area contributed by atoms with Gasteiger partial charge in [-0.25, -0.2) is 0 Å². The zero-order chi connectivity index (χ0) is 34.0. The summed E-state index contributed by atoms with van der Waals surface area (Å²) in [6.07, 6.45) is 0. The van der Waals surface area contributed by atoms with Crippen molar-refractivity contribution in [1.82, 2.24) is 4.57 Å². The fraction of sp³-hybridized carbons (Fsp3) is 0. The van der Waals surface area contributed by atoms with Crippen molar-refractivity contribution >= 4 is 55.9 Å². The Morgan fingerprint density at radius 3 is 1.16 bits per heavy atom. The topological polar surface area (TPSA) is 11.4 Å². The van der Waals surface area contributed by atoms with Crippen LogP contribution in [0.15, 0.2) is 212 Å². The molecule has 0 N–H and O–H groups in total. The number of anilines is 6. The fourth-order valence-corrected chi connectivity index (χ4v) is 7.18. The highest BCUT2D eigenvalue weighted by atomic mass is 15.1. The van der Waals surface area contributed by atoms with Crippen molar-refractivity contribution in [3.8, 4) is 16.8 Å². The zero-order valence-electron chi connectivity index (χ0n) is 28.0. The molecule has 0 radical (unpaired) electrons. The minimum atomic E-state index is 1.11. The van der Waals surface area contributed by atoms with Crippen LogP contribution < -0.4 is 9.80 Å². The smallest absolute Gasteiger partial charge is 0.0561 e. The lowest BCUT2D eigenvalue weighted by atomic mass is 10.0. The summed E-state index contributed by atoms with van der Waals surface area (Å²) in [5.74, 6) is 0. The van der Waals surface area contributed by atoms with E-state index < -0.39 is 0 Å². The fourth-order valence-electron chi connectivity index (χ4n) is 7.18. The Kier molecular flexibility index (Phi) is 7.84. The Labute approximate surface area is 298 Å². The van der Waals surface area contributed by atoms with Gasteiger partial charge >= 0.3 is 0 Å². The third-order valence-electron chi connectivity index (χ3n) is 9.56. The van der Waals surface area contributed by atoms with E-state index in [1.807, 2.05) is 0 Å². The van der Waals surface area contributed by atoms with E-state index >= 15 is 0 Å². The van der Waals surface area contributed by atoms with Gasteiger partial charge in [0.1, 0.15) is 0 Å². The van der Waals surface area contributed by atoms with Gasteiger partial charge in [-0.05, 0) is 102 Å². The first-order valence-corrected chi connectivity index (χ1v) is 17.4. The van der Waals surface area contributed by atoms with Crippen LogP contribution in [-0.4, -0.2) is 4.57 Å². The van der Waals surface area contributed by atoms with Gasteiger partial charge in [-0.1, -0.05) is 121 Å². The second-order valence-corrected chi connectivity index (χ2v) is 12.7. The second kappa shape index (κ2) is 13.2. The van der Waals surface area contributed by atoms with E-state index in [1.54, 1.807) is 0 Å². The van der Waals surface area contributed by atoms with Gasteiger partial charge in [-0.3, -0.25) is 0 Å². The maximum Gasteiger partial charge on any atom is 0.0561 e. The molecule has 0 aliphatic rings. The summed E-state index contributed by atoms with van der Waals surface area (Å²) in [6, 6.07) is 75.6. The maximum atomic E-state index is 2.40. The first-order chi connectivity index (χ1) is 25.3. The van der Waals surface area contributed by atoms with Crippen LogP contribution >= 0.6 is 0 Å². The monoisotopic (exact) mass is 653 g/mol. The van der Waals surface area contributed by atoms with Crippen molar-refractivity contribution in [1.29, 1.82) is 0 Å². The Balaban J connectivity index is 1.10. The van der Waals surface area contributed by atoms with Crippen molar-refractivity contribution in [3.05, 3.63) is 212 Å². The molecule has 0 aliphatic carbocycles. The van der Waals surface area contributed by atoms with E-state index in [1.165, 1.54) is 32.9 Å². The first kappa shape index (κ1) is 30.2. The molecular formula is C48H35N3. The van der Waals surface area contributed by atoms with Crippen molar-refractivity contribution < 1.29 is 0 Å². The van der Waals surface area contributed by atoms with Gasteiger partial charge in [0, 0.05) is 50.6 Å². The van der Waals surface area contributed by atoms with E-state index in [-0.39, 0.29) is 0 Å². The number of aromatic nitrogens is 1. The van der Waals surface area contributed by atoms with Crippen molar-refractivity contribution in [3.63, 3.8) is 0 Å². The quantitative estimate of drug-likeness (QED) is 0.162. The number of rotatable bonds is 8. The number of benzene rings is 8. The van der Waals surface area contributed by atoms with Gasteiger partial charge in [0.15, 0.2) is 0 Å². The summed E-state index contributed by atoms with van der Waals surface area (Å²) < 4.78 is 2.40. The molecule has 0 saturated heterocycles. The van der Waals surface area contributed by atoms with Gasteiger partial charge in [0.2, 0.25) is 0 Å². The Hall–Kier alpha value is -6.84. The maximum absolute atomic E-state index is 2.40. The standard InChI is InChI=1S/C48H35N3/c1-5-15-38(16-6-1)49(39-17-7-2-8-18-39)42-29-25-36(26-30-42)37-27-31-43(32-28-37)51-47-24-14-13-23-45(47)46-34-33-44(35-48(46)51)50(40-19-9-3-10-20-40)41-21-11-4-12-22-41/h1-35H. The molecule has 0 bridgehead atoms. The minimum Gasteiger partial charge on any atom is -0.311 e. The lowest BCUT2D eigenvalue weighted by molar-refractivity contribution is 1.18. The molecule has 0 saturated carbocycles. The molecule has 9 aromatic rings. The highest BCUT2D eigenvalue weighted by Crippen LogP contribution is 2.40. The molecule has 1 heterocycles. The predicted octanol–water partition coefficient (Wildman–Crippen LogP) is 13.4. The van der Waals surface area contributed by atoms with Crippen LogP contribution in [-0.2, 0) is 0 Å². The molecule has 242 valence electrons. The van der Waals surface area contributed by atoms with Gasteiger partial charge in [-0.2, -0.15) is 0 Å². The molecule has 0 unspecified atom stereocenters. The lowest BCUT2D eigenvalue weighted by Crippen LogP contribution is -2.09. The van der Waals surface area contributed by atoms with E-state index in [2.05, 4.69) is 227 Å². The Bertz CT molecular complexity index is 2460. The molecule has 3 heteroatoms. The molecule has 0 aliphatic heterocycles. The van der Waals surface area contributed by atoms with E-state index in [0.717, 1.165) is 39.8 Å². The van der Waals surface area contributed by atoms with Crippen LogP contribution in [0.5, 0.6) is 0 Å². The predicted molar refractivity (Wildman–Crippen MR) is 216 cm³/mol. The van der Waals surface area contributed by atoms with E-state index in [0.29, 0.717) is 0 Å². The van der Waals surface area contributed by atoms with Crippen LogP contribution in [0.3, 0.4) is 0 Å². The van der Waals surface area contributed by atoms with Crippen LogP contribution in [0, 0.1) is 0 Å². The largest absolute Gasteiger partial charge is 0.311 e. The van der Waals surface area contributed by atoms with Crippen LogP contribution in [0.4, 0.5) is 34.1 Å². The molecule has 51 heavy (non-hydrogen) atoms. The van der Waals surface area contributed by atoms with Crippen LogP contribution in [0.25, 0.3) is 38.6 Å². The average molecular weight is 654 g/mol. The number of fused-ring (bicyclic) bond motifs is 3. The normalized spacial score (nSPS) is 11.1. The van der Waals surface area contributed by atoms with E-state index in [4.69, 9.17) is 0 Å². The Morgan fingerprint density at radius 1 is 0.275 bits per heavy atom. The molecule has 0 spiro atoms. The molecular weight excluding hydrogens is 619 g/mol. The zero-order valence-corrected chi connectivity index (χ0v) is 28.0. The van der Waals surface area contributed by atoms with Gasteiger partial charge in [0.25, 0.3) is 0 Å². The third kappa shape index (κ3) is 5.71. The average Bonchev–Trinajstić information content (AvgIpc) is 3.54. The van der Waals surface area contributed by atoms with Gasteiger partial charge in [0.05, 0.1) is 11.0 Å². The summed E-state index contributed by atoms with van der Waals surface area (Å²) >= 11 is 0. The van der Waals surface area contributed by atoms with Crippen molar-refractivity contribution in [2.24, 2.45) is 0 Å². The molecule has 1 aromatic heterocycles. The van der Waals surface area contributed by atoms with Crippen molar-refractivity contribution in [2.75, 3.05) is 9.80 Å². The summed E-state index contributed by atoms with van der Waals surface area (Å²) in [7, 11) is 0. The van der Waals surface area contributed by atoms with E-state index in [9.17, 15) is 0 Å². The SMILES string of the molecule is c1ccc(N(c2ccccc2)c2ccc(-c3ccc(-n4c5ccccc5c5ccc(N(c6ccccc6)c6ccccc6)cc54)cc3)cc2)cc1. The third-order valence-corrected chi connectivity index (χ3v) is 9.56. The summed E-state index contributed by atoms with van der Waals surface area (Å²) in [6.45, 7) is 0. The second-order valence-electron chi connectivity index (χ2n) is 12.7. The minimum absolute atomic E-state index is 1.11. The molecule has 9 rings (SSSR count). The van der Waals surface area contributed by atoms with Crippen LogP contribution in [0.2, 0.25) is 0 Å². The highest BCUT2D eigenvalue weighted by Gasteiger charge is 2.17. The van der Waals surface area contributed by atoms with Crippen molar-refractivity contribution in [2.45, 2.75) is 0 Å². The summed E-state index contributed by atoms with van der Waals surface area (Å²) in [5, 5.41) is 2.47. The Morgan fingerprint density at radius 2 is 0.647 bits per heavy atom. The summed E-state index contributed by atoms with van der Waals surface area (Å²) in [4.78, 5) is 4.62.